The molecule has 28 heavy (non-hydrogen) atoms. The minimum Gasteiger partial charge on any atom is -0.490 e. The van der Waals surface area contributed by atoms with Gasteiger partial charge in [0.1, 0.15) is 24.7 Å². The van der Waals surface area contributed by atoms with E-state index in [1.54, 1.807) is 0 Å². The van der Waals surface area contributed by atoms with Gasteiger partial charge in [-0.05, 0) is 61.5 Å². The summed E-state index contributed by atoms with van der Waals surface area (Å²) in [6, 6.07) is 17.1. The molecule has 2 aromatic rings. The number of rotatable bonds is 7. The van der Waals surface area contributed by atoms with E-state index in [4.69, 9.17) is 21.7 Å². The highest BCUT2D eigenvalue weighted by molar-refractivity contribution is 7.80. The molecule has 0 atom stereocenters. The standard InChI is InChI=1S/C22H26N2O3S/c25-21(17-7-3-1-4-8-17)24-22(28)23-18-11-13-20(14-12-18)27-16-15-26-19-9-5-2-6-10-19/h2,5-6,9-14,17H,1,3-4,7-8,15-16H2,(H2,23,24,25,28). The Kier molecular flexibility index (Phi) is 7.67. The van der Waals surface area contributed by atoms with Crippen molar-refractivity contribution in [3.8, 4) is 11.5 Å². The fraction of sp³-hybridized carbons (Fsp3) is 0.364. The van der Waals surface area contributed by atoms with Crippen molar-refractivity contribution < 1.29 is 14.3 Å². The van der Waals surface area contributed by atoms with E-state index in [9.17, 15) is 4.79 Å². The molecule has 1 aliphatic rings. The molecule has 2 N–H and O–H groups in total. The Bertz CT molecular complexity index is 759. The van der Waals surface area contributed by atoms with Crippen molar-refractivity contribution >= 4 is 28.9 Å². The van der Waals surface area contributed by atoms with Crippen LogP contribution in [0.2, 0.25) is 0 Å². The van der Waals surface area contributed by atoms with Crippen LogP contribution in [-0.4, -0.2) is 24.2 Å². The summed E-state index contributed by atoms with van der Waals surface area (Å²) in [4.78, 5) is 12.2. The Morgan fingerprint density at radius 3 is 2.14 bits per heavy atom. The molecular formula is C22H26N2O3S. The van der Waals surface area contributed by atoms with Crippen molar-refractivity contribution in [1.82, 2.24) is 5.32 Å². The quantitative estimate of drug-likeness (QED) is 0.530. The SMILES string of the molecule is O=C(NC(=S)Nc1ccc(OCCOc2ccccc2)cc1)C1CCCCC1. The number of nitrogens with one attached hydrogen (secondary N) is 2. The molecule has 0 aromatic heterocycles. The molecule has 1 aliphatic carbocycles. The van der Waals surface area contributed by atoms with Crippen LogP contribution >= 0.6 is 12.2 Å². The number of hydrogen-bond donors (Lipinski definition) is 2. The number of thiocarbonyl (C=S) groups is 1. The summed E-state index contributed by atoms with van der Waals surface area (Å²) >= 11 is 5.26. The highest BCUT2D eigenvalue weighted by Crippen LogP contribution is 2.23. The van der Waals surface area contributed by atoms with E-state index in [-0.39, 0.29) is 11.8 Å². The largest absolute Gasteiger partial charge is 0.490 e. The topological polar surface area (TPSA) is 59.6 Å². The van der Waals surface area contributed by atoms with Gasteiger partial charge in [-0.2, -0.15) is 0 Å². The number of amides is 1. The van der Waals surface area contributed by atoms with Crippen LogP contribution in [0.3, 0.4) is 0 Å². The van der Waals surface area contributed by atoms with Gasteiger partial charge in [0.05, 0.1) is 0 Å². The van der Waals surface area contributed by atoms with Crippen LogP contribution in [-0.2, 0) is 4.79 Å². The smallest absolute Gasteiger partial charge is 0.229 e. The van der Waals surface area contributed by atoms with Crippen molar-refractivity contribution in [3.05, 3.63) is 54.6 Å². The van der Waals surface area contributed by atoms with Gasteiger partial charge < -0.3 is 20.1 Å². The van der Waals surface area contributed by atoms with Gasteiger partial charge in [-0.25, -0.2) is 0 Å². The van der Waals surface area contributed by atoms with E-state index in [0.29, 0.717) is 18.3 Å². The van der Waals surface area contributed by atoms with Crippen LogP contribution < -0.4 is 20.1 Å². The number of para-hydroxylation sites is 1. The van der Waals surface area contributed by atoms with Gasteiger partial charge in [0.2, 0.25) is 5.91 Å². The molecule has 6 heteroatoms. The maximum atomic E-state index is 12.2. The predicted molar refractivity (Wildman–Crippen MR) is 115 cm³/mol. The van der Waals surface area contributed by atoms with Crippen LogP contribution in [0, 0.1) is 5.92 Å². The molecule has 0 unspecified atom stereocenters. The van der Waals surface area contributed by atoms with Crippen LogP contribution in [0.4, 0.5) is 5.69 Å². The van der Waals surface area contributed by atoms with Crippen LogP contribution in [0.25, 0.3) is 0 Å². The van der Waals surface area contributed by atoms with Crippen molar-refractivity contribution in [3.63, 3.8) is 0 Å². The maximum Gasteiger partial charge on any atom is 0.229 e. The van der Waals surface area contributed by atoms with Crippen molar-refractivity contribution in [1.29, 1.82) is 0 Å². The minimum atomic E-state index is 0.0237. The van der Waals surface area contributed by atoms with Crippen molar-refractivity contribution in [2.45, 2.75) is 32.1 Å². The molecule has 5 nitrogen and oxygen atoms in total. The van der Waals surface area contributed by atoms with Gasteiger partial charge in [-0.1, -0.05) is 37.5 Å². The Morgan fingerprint density at radius 2 is 1.50 bits per heavy atom. The van der Waals surface area contributed by atoms with Crippen LogP contribution in [0.5, 0.6) is 11.5 Å². The monoisotopic (exact) mass is 398 g/mol. The molecule has 1 saturated carbocycles. The van der Waals surface area contributed by atoms with E-state index in [1.165, 1.54) is 6.42 Å². The maximum absolute atomic E-state index is 12.2. The van der Waals surface area contributed by atoms with Gasteiger partial charge in [-0.15, -0.1) is 0 Å². The normalized spacial score (nSPS) is 14.1. The summed E-state index contributed by atoms with van der Waals surface area (Å²) in [6.45, 7) is 0.929. The summed E-state index contributed by atoms with van der Waals surface area (Å²) in [6.07, 6.45) is 5.37. The first-order valence-corrected chi connectivity index (χ1v) is 10.1. The molecule has 1 amide bonds. The zero-order chi connectivity index (χ0) is 19.6. The highest BCUT2D eigenvalue weighted by atomic mass is 32.1. The molecule has 0 spiro atoms. The molecule has 0 saturated heterocycles. The van der Waals surface area contributed by atoms with Gasteiger partial charge >= 0.3 is 0 Å². The third-order valence-corrected chi connectivity index (χ3v) is 4.89. The lowest BCUT2D eigenvalue weighted by molar-refractivity contribution is -0.124. The first-order chi connectivity index (χ1) is 13.7. The van der Waals surface area contributed by atoms with Gasteiger partial charge in [-0.3, -0.25) is 4.79 Å². The van der Waals surface area contributed by atoms with E-state index >= 15 is 0 Å². The fourth-order valence-corrected chi connectivity index (χ4v) is 3.43. The third kappa shape index (κ3) is 6.53. The number of benzene rings is 2. The first kappa shape index (κ1) is 20.1. The summed E-state index contributed by atoms with van der Waals surface area (Å²) in [7, 11) is 0. The predicted octanol–water partition coefficient (Wildman–Crippen LogP) is 4.54. The lowest BCUT2D eigenvalue weighted by Crippen LogP contribution is -2.38. The zero-order valence-corrected chi connectivity index (χ0v) is 16.7. The van der Waals surface area contributed by atoms with Gasteiger partial charge in [0.15, 0.2) is 5.11 Å². The summed E-state index contributed by atoms with van der Waals surface area (Å²) < 4.78 is 11.3. The van der Waals surface area contributed by atoms with Gasteiger partial charge in [0, 0.05) is 11.6 Å². The molecule has 3 rings (SSSR count). The lowest BCUT2D eigenvalue weighted by Gasteiger charge is -2.21. The average Bonchev–Trinajstić information content (AvgIpc) is 2.73. The second-order valence-electron chi connectivity index (χ2n) is 6.81. The Labute approximate surface area is 171 Å². The Morgan fingerprint density at radius 1 is 0.893 bits per heavy atom. The van der Waals surface area contributed by atoms with E-state index in [2.05, 4.69) is 10.6 Å². The molecule has 2 aromatic carbocycles. The minimum absolute atomic E-state index is 0.0237. The number of carbonyl (C=O) groups excluding carboxylic acids is 1. The fourth-order valence-electron chi connectivity index (χ4n) is 3.21. The second-order valence-corrected chi connectivity index (χ2v) is 7.22. The zero-order valence-electron chi connectivity index (χ0n) is 15.9. The number of anilines is 1. The molecule has 0 bridgehead atoms. The Hall–Kier alpha value is -2.60. The summed E-state index contributed by atoms with van der Waals surface area (Å²) in [5.74, 6) is 1.69. The molecule has 1 fully saturated rings. The second kappa shape index (κ2) is 10.7. The molecule has 0 aliphatic heterocycles. The van der Waals surface area contributed by atoms with Crippen molar-refractivity contribution in [2.24, 2.45) is 5.92 Å². The number of carbonyl (C=O) groups is 1. The molecular weight excluding hydrogens is 372 g/mol. The molecule has 0 radical (unpaired) electrons. The van der Waals surface area contributed by atoms with E-state index < -0.39 is 0 Å². The van der Waals surface area contributed by atoms with E-state index in [1.807, 2.05) is 54.6 Å². The van der Waals surface area contributed by atoms with Gasteiger partial charge in [0.25, 0.3) is 0 Å². The summed E-state index contributed by atoms with van der Waals surface area (Å²) in [5.41, 5.74) is 0.807. The average molecular weight is 399 g/mol. The van der Waals surface area contributed by atoms with E-state index in [0.717, 1.165) is 42.9 Å². The van der Waals surface area contributed by atoms with Crippen LogP contribution in [0.1, 0.15) is 32.1 Å². The first-order valence-electron chi connectivity index (χ1n) is 9.73. The third-order valence-electron chi connectivity index (χ3n) is 4.69. The number of ether oxygens (including phenoxy) is 2. The van der Waals surface area contributed by atoms with Crippen LogP contribution in [0.15, 0.2) is 54.6 Å². The van der Waals surface area contributed by atoms with Crippen molar-refractivity contribution in [2.75, 3.05) is 18.5 Å². The number of hydrogen-bond acceptors (Lipinski definition) is 4. The molecule has 0 heterocycles. The Balaban J connectivity index is 1.37. The highest BCUT2D eigenvalue weighted by Gasteiger charge is 2.21. The lowest BCUT2D eigenvalue weighted by atomic mass is 9.89. The summed E-state index contributed by atoms with van der Waals surface area (Å²) in [5, 5.41) is 6.18. The molecule has 148 valence electrons.